The molecule has 0 spiro atoms. The fourth-order valence-corrected chi connectivity index (χ4v) is 2.34. The zero-order chi connectivity index (χ0) is 17.6. The molecule has 1 heterocycles. The summed E-state index contributed by atoms with van der Waals surface area (Å²) in [5.74, 6) is 1.41. The van der Waals surface area contributed by atoms with E-state index in [-0.39, 0.29) is 5.02 Å². The largest absolute Gasteiger partial charge is 0.497 e. The van der Waals surface area contributed by atoms with E-state index in [0.29, 0.717) is 24.0 Å². The molecule has 0 fully saturated rings. The summed E-state index contributed by atoms with van der Waals surface area (Å²) in [5.41, 5.74) is 1.72. The minimum Gasteiger partial charge on any atom is -0.497 e. The standard InChI is InChI=1S/C18H16ClFN4O/c1-25-14-5-2-12(3-6-14)11-22-18-21-9-8-17(24-18)23-13-4-7-16(20)15(19)10-13/h2-10H,11H2,1H3,(H2,21,22,23,24). The van der Waals surface area contributed by atoms with E-state index in [1.807, 2.05) is 24.3 Å². The van der Waals surface area contributed by atoms with Crippen LogP contribution in [0.1, 0.15) is 5.56 Å². The van der Waals surface area contributed by atoms with Crippen molar-refractivity contribution in [2.24, 2.45) is 0 Å². The summed E-state index contributed by atoms with van der Waals surface area (Å²) in [7, 11) is 1.63. The van der Waals surface area contributed by atoms with E-state index in [4.69, 9.17) is 16.3 Å². The third-order valence-corrected chi connectivity index (χ3v) is 3.75. The van der Waals surface area contributed by atoms with Crippen LogP contribution >= 0.6 is 11.6 Å². The summed E-state index contributed by atoms with van der Waals surface area (Å²) < 4.78 is 18.3. The first-order valence-corrected chi connectivity index (χ1v) is 7.94. The number of nitrogens with one attached hydrogen (secondary N) is 2. The van der Waals surface area contributed by atoms with Crippen LogP contribution in [0.2, 0.25) is 5.02 Å². The van der Waals surface area contributed by atoms with Crippen LogP contribution in [0.3, 0.4) is 0 Å². The number of hydrogen-bond acceptors (Lipinski definition) is 5. The van der Waals surface area contributed by atoms with Crippen LogP contribution in [0.5, 0.6) is 5.75 Å². The van der Waals surface area contributed by atoms with E-state index in [1.54, 1.807) is 25.4 Å². The number of halogens is 2. The average Bonchev–Trinajstić information content (AvgIpc) is 2.64. The Hall–Kier alpha value is -2.86. The van der Waals surface area contributed by atoms with Crippen LogP contribution in [0.4, 0.5) is 21.8 Å². The smallest absolute Gasteiger partial charge is 0.224 e. The van der Waals surface area contributed by atoms with Gasteiger partial charge < -0.3 is 15.4 Å². The Bertz CT molecular complexity index is 858. The van der Waals surface area contributed by atoms with E-state index in [2.05, 4.69) is 20.6 Å². The molecule has 128 valence electrons. The number of anilines is 3. The van der Waals surface area contributed by atoms with Gasteiger partial charge in [-0.05, 0) is 42.0 Å². The van der Waals surface area contributed by atoms with Crippen molar-refractivity contribution in [1.82, 2.24) is 9.97 Å². The van der Waals surface area contributed by atoms with E-state index in [9.17, 15) is 4.39 Å². The lowest BCUT2D eigenvalue weighted by Crippen LogP contribution is -2.05. The first-order valence-electron chi connectivity index (χ1n) is 7.56. The van der Waals surface area contributed by atoms with E-state index in [1.165, 1.54) is 12.1 Å². The molecular formula is C18H16ClFN4O. The molecule has 0 bridgehead atoms. The van der Waals surface area contributed by atoms with Crippen molar-refractivity contribution < 1.29 is 9.13 Å². The second-order valence-electron chi connectivity index (χ2n) is 5.22. The number of ether oxygens (including phenoxy) is 1. The Morgan fingerprint density at radius 1 is 1.12 bits per heavy atom. The van der Waals surface area contributed by atoms with Crippen LogP contribution in [-0.2, 0) is 6.54 Å². The summed E-state index contributed by atoms with van der Waals surface area (Å²) >= 11 is 5.78. The molecule has 0 saturated heterocycles. The molecule has 3 aromatic rings. The molecule has 25 heavy (non-hydrogen) atoms. The Morgan fingerprint density at radius 3 is 2.64 bits per heavy atom. The fraction of sp³-hybridized carbons (Fsp3) is 0.111. The van der Waals surface area contributed by atoms with Gasteiger partial charge in [-0.15, -0.1) is 0 Å². The molecule has 0 atom stereocenters. The Balaban J connectivity index is 1.65. The van der Waals surface area contributed by atoms with Gasteiger partial charge in [0.2, 0.25) is 5.95 Å². The van der Waals surface area contributed by atoms with E-state index in [0.717, 1.165) is 11.3 Å². The van der Waals surface area contributed by atoms with Crippen LogP contribution in [0.25, 0.3) is 0 Å². The van der Waals surface area contributed by atoms with Gasteiger partial charge in [0.05, 0.1) is 12.1 Å². The average molecular weight is 359 g/mol. The maximum Gasteiger partial charge on any atom is 0.224 e. The fourth-order valence-electron chi connectivity index (χ4n) is 2.16. The summed E-state index contributed by atoms with van der Waals surface area (Å²) in [6.45, 7) is 0.579. The first kappa shape index (κ1) is 17.0. The molecule has 2 aromatic carbocycles. The number of aromatic nitrogens is 2. The van der Waals surface area contributed by atoms with Gasteiger partial charge in [-0.3, -0.25) is 0 Å². The summed E-state index contributed by atoms with van der Waals surface area (Å²) in [6, 6.07) is 13.8. The van der Waals surface area contributed by atoms with E-state index >= 15 is 0 Å². The van der Waals surface area contributed by atoms with Crippen LogP contribution in [0.15, 0.2) is 54.7 Å². The summed E-state index contributed by atoms with van der Waals surface area (Å²) in [5, 5.41) is 6.28. The lowest BCUT2D eigenvalue weighted by Gasteiger charge is -2.09. The number of methoxy groups -OCH3 is 1. The van der Waals surface area contributed by atoms with Gasteiger partial charge in [0, 0.05) is 18.4 Å². The maximum atomic E-state index is 13.2. The number of benzene rings is 2. The molecule has 2 N–H and O–H groups in total. The molecule has 0 radical (unpaired) electrons. The monoisotopic (exact) mass is 358 g/mol. The highest BCUT2D eigenvalue weighted by atomic mass is 35.5. The molecular weight excluding hydrogens is 343 g/mol. The molecule has 0 aliphatic carbocycles. The minimum absolute atomic E-state index is 0.0527. The number of hydrogen-bond donors (Lipinski definition) is 2. The first-order chi connectivity index (χ1) is 12.1. The molecule has 5 nitrogen and oxygen atoms in total. The van der Waals surface area contributed by atoms with Gasteiger partial charge >= 0.3 is 0 Å². The number of nitrogens with zero attached hydrogens (tertiary/aromatic N) is 2. The molecule has 3 rings (SSSR count). The van der Waals surface area contributed by atoms with Gasteiger partial charge in [0.25, 0.3) is 0 Å². The second-order valence-corrected chi connectivity index (χ2v) is 5.63. The van der Waals surface area contributed by atoms with Crippen molar-refractivity contribution >= 4 is 29.1 Å². The molecule has 1 aromatic heterocycles. The third-order valence-electron chi connectivity index (χ3n) is 3.46. The minimum atomic E-state index is -0.461. The van der Waals surface area contributed by atoms with Crippen molar-refractivity contribution in [3.63, 3.8) is 0 Å². The molecule has 7 heteroatoms. The quantitative estimate of drug-likeness (QED) is 0.672. The Morgan fingerprint density at radius 2 is 1.92 bits per heavy atom. The topological polar surface area (TPSA) is 59.1 Å². The lowest BCUT2D eigenvalue weighted by atomic mass is 10.2. The predicted molar refractivity (Wildman–Crippen MR) is 97.0 cm³/mol. The SMILES string of the molecule is COc1ccc(CNc2nccc(Nc3ccc(F)c(Cl)c3)n2)cc1. The van der Waals surface area contributed by atoms with Gasteiger partial charge in [0.1, 0.15) is 17.4 Å². The summed E-state index contributed by atoms with van der Waals surface area (Å²) in [4.78, 5) is 8.56. The predicted octanol–water partition coefficient (Wildman–Crippen LogP) is 4.63. The number of rotatable bonds is 6. The lowest BCUT2D eigenvalue weighted by molar-refractivity contribution is 0.414. The van der Waals surface area contributed by atoms with Crippen molar-refractivity contribution in [3.05, 3.63) is 71.1 Å². The van der Waals surface area contributed by atoms with Crippen molar-refractivity contribution in [3.8, 4) is 5.75 Å². The third kappa shape index (κ3) is 4.58. The van der Waals surface area contributed by atoms with Crippen LogP contribution in [-0.4, -0.2) is 17.1 Å². The zero-order valence-electron chi connectivity index (χ0n) is 13.5. The highest BCUT2D eigenvalue weighted by Gasteiger charge is 2.04. The highest BCUT2D eigenvalue weighted by Crippen LogP contribution is 2.22. The molecule has 0 aliphatic heterocycles. The van der Waals surface area contributed by atoms with Gasteiger partial charge in [-0.1, -0.05) is 23.7 Å². The highest BCUT2D eigenvalue weighted by molar-refractivity contribution is 6.31. The van der Waals surface area contributed by atoms with Gasteiger partial charge in [-0.25, -0.2) is 9.37 Å². The van der Waals surface area contributed by atoms with Crippen LogP contribution < -0.4 is 15.4 Å². The van der Waals surface area contributed by atoms with Crippen LogP contribution in [0, 0.1) is 5.82 Å². The van der Waals surface area contributed by atoms with Crippen molar-refractivity contribution in [1.29, 1.82) is 0 Å². The Labute approximate surface area is 149 Å². The maximum absolute atomic E-state index is 13.2. The summed E-state index contributed by atoms with van der Waals surface area (Å²) in [6.07, 6.45) is 1.64. The van der Waals surface area contributed by atoms with E-state index < -0.39 is 5.82 Å². The van der Waals surface area contributed by atoms with Gasteiger partial charge in [0.15, 0.2) is 0 Å². The van der Waals surface area contributed by atoms with Crippen molar-refractivity contribution in [2.75, 3.05) is 17.7 Å². The zero-order valence-corrected chi connectivity index (χ0v) is 14.2. The second kappa shape index (κ2) is 7.81. The molecule has 0 saturated carbocycles. The van der Waals surface area contributed by atoms with Crippen molar-refractivity contribution in [2.45, 2.75) is 6.54 Å². The molecule has 0 aliphatic rings. The van der Waals surface area contributed by atoms with Gasteiger partial charge in [-0.2, -0.15) is 4.98 Å². The normalized spacial score (nSPS) is 10.4. The molecule has 0 amide bonds. The Kier molecular flexibility index (Phi) is 5.30. The molecule has 0 unspecified atom stereocenters.